The van der Waals surface area contributed by atoms with E-state index in [0.717, 1.165) is 20.7 Å². The third kappa shape index (κ3) is 2.38. The number of hydrogen-bond acceptors (Lipinski definition) is 5. The Labute approximate surface area is 104 Å². The maximum Gasteiger partial charge on any atom is 0.181 e. The highest BCUT2D eigenvalue weighted by Crippen LogP contribution is 2.35. The summed E-state index contributed by atoms with van der Waals surface area (Å²) in [7, 11) is 0. The molecular weight excluding hydrogens is 296 g/mol. The van der Waals surface area contributed by atoms with Crippen LogP contribution in [0.4, 0.5) is 5.13 Å². The Morgan fingerprint density at radius 2 is 2.33 bits per heavy atom. The van der Waals surface area contributed by atoms with Crippen LogP contribution in [0.25, 0.3) is 10.2 Å². The molecule has 0 fully saturated rings. The van der Waals surface area contributed by atoms with E-state index in [4.69, 9.17) is 5.73 Å². The Hall–Kier alpha value is -0.460. The molecule has 0 radical (unpaired) electrons. The second-order valence-electron chi connectivity index (χ2n) is 2.88. The number of thiazole rings is 1. The molecule has 2 aromatic rings. The van der Waals surface area contributed by atoms with Gasteiger partial charge >= 0.3 is 0 Å². The largest absolute Gasteiger partial charge is 0.506 e. The van der Waals surface area contributed by atoms with Gasteiger partial charge in [-0.3, -0.25) is 0 Å². The molecule has 0 aliphatic heterocycles. The number of aromatic nitrogens is 1. The fraction of sp³-hybridized carbons (Fsp3) is 0.222. The normalized spacial score (nSPS) is 11.0. The number of aromatic hydroxyl groups is 1. The predicted octanol–water partition coefficient (Wildman–Crippen LogP) is 3.07. The SMILES string of the molecule is Nc1nc2c(O)cc(SCCBr)cc2s1. The third-order valence-electron chi connectivity index (χ3n) is 1.81. The zero-order valence-corrected chi connectivity index (χ0v) is 11.0. The average molecular weight is 305 g/mol. The van der Waals surface area contributed by atoms with Gasteiger partial charge in [0.15, 0.2) is 5.13 Å². The molecule has 80 valence electrons. The summed E-state index contributed by atoms with van der Waals surface area (Å²) < 4.78 is 0.935. The van der Waals surface area contributed by atoms with Crippen molar-refractivity contribution in [1.29, 1.82) is 0 Å². The number of nitrogens with two attached hydrogens (primary N) is 1. The molecule has 0 atom stereocenters. The average Bonchev–Trinajstić information content (AvgIpc) is 2.56. The number of nitrogen functional groups attached to an aromatic ring is 1. The van der Waals surface area contributed by atoms with Gasteiger partial charge in [0.05, 0.1) is 4.70 Å². The number of fused-ring (bicyclic) bond motifs is 1. The van der Waals surface area contributed by atoms with Gasteiger partial charge in [-0.1, -0.05) is 27.3 Å². The van der Waals surface area contributed by atoms with Crippen LogP contribution in [0.5, 0.6) is 5.75 Å². The van der Waals surface area contributed by atoms with Crippen LogP contribution in [0.1, 0.15) is 0 Å². The van der Waals surface area contributed by atoms with E-state index in [9.17, 15) is 5.11 Å². The number of thioether (sulfide) groups is 1. The van der Waals surface area contributed by atoms with Crippen molar-refractivity contribution in [3.05, 3.63) is 12.1 Å². The quantitative estimate of drug-likeness (QED) is 0.676. The standard InChI is InChI=1S/C9H9BrN2OS2/c10-1-2-14-5-3-6(13)8-7(4-5)15-9(11)12-8/h3-4,13H,1-2H2,(H2,11,12). The van der Waals surface area contributed by atoms with E-state index in [1.54, 1.807) is 17.8 Å². The van der Waals surface area contributed by atoms with Crippen molar-refractivity contribution in [2.45, 2.75) is 4.90 Å². The number of rotatable bonds is 3. The van der Waals surface area contributed by atoms with Crippen LogP contribution in [0, 0.1) is 0 Å². The first kappa shape index (κ1) is 11.0. The smallest absolute Gasteiger partial charge is 0.181 e. The first-order valence-corrected chi connectivity index (χ1v) is 7.21. The Bertz CT molecular complexity index is 486. The maximum absolute atomic E-state index is 9.73. The summed E-state index contributed by atoms with van der Waals surface area (Å²) >= 11 is 6.45. The molecular formula is C9H9BrN2OS2. The van der Waals surface area contributed by atoms with Gasteiger partial charge in [-0.25, -0.2) is 4.98 Å². The second-order valence-corrected chi connectivity index (χ2v) is 5.90. The molecule has 1 aromatic heterocycles. The molecule has 0 saturated carbocycles. The molecule has 0 unspecified atom stereocenters. The number of benzene rings is 1. The summed E-state index contributed by atoms with van der Waals surface area (Å²) in [5, 5.41) is 11.1. The van der Waals surface area contributed by atoms with E-state index in [1.807, 2.05) is 6.07 Å². The first-order valence-electron chi connectivity index (χ1n) is 4.28. The summed E-state index contributed by atoms with van der Waals surface area (Å²) in [5.41, 5.74) is 6.19. The first-order chi connectivity index (χ1) is 7.20. The number of hydrogen-bond donors (Lipinski definition) is 2. The van der Waals surface area contributed by atoms with Crippen molar-refractivity contribution >= 4 is 54.4 Å². The molecule has 6 heteroatoms. The Morgan fingerprint density at radius 1 is 1.53 bits per heavy atom. The summed E-state index contributed by atoms with van der Waals surface area (Å²) in [5.74, 6) is 1.18. The molecule has 1 heterocycles. The van der Waals surface area contributed by atoms with Gasteiger partial charge in [-0.15, -0.1) is 11.8 Å². The van der Waals surface area contributed by atoms with Gasteiger partial charge in [0, 0.05) is 16.0 Å². The molecule has 0 bridgehead atoms. The summed E-state index contributed by atoms with van der Waals surface area (Å²) in [6.45, 7) is 0. The lowest BCUT2D eigenvalue weighted by Crippen LogP contribution is -1.81. The molecule has 15 heavy (non-hydrogen) atoms. The Morgan fingerprint density at radius 3 is 3.07 bits per heavy atom. The molecule has 3 N–H and O–H groups in total. The fourth-order valence-electron chi connectivity index (χ4n) is 1.24. The van der Waals surface area contributed by atoms with Crippen molar-refractivity contribution in [3.63, 3.8) is 0 Å². The Balaban J connectivity index is 2.42. The molecule has 0 aliphatic carbocycles. The van der Waals surface area contributed by atoms with Crippen molar-refractivity contribution in [3.8, 4) is 5.75 Å². The van der Waals surface area contributed by atoms with Crippen molar-refractivity contribution in [2.75, 3.05) is 16.8 Å². The van der Waals surface area contributed by atoms with Crippen LogP contribution >= 0.6 is 39.0 Å². The molecule has 3 nitrogen and oxygen atoms in total. The number of phenolic OH excluding ortho intramolecular Hbond substituents is 1. The van der Waals surface area contributed by atoms with Crippen LogP contribution in [0.2, 0.25) is 0 Å². The van der Waals surface area contributed by atoms with Gasteiger partial charge in [0.25, 0.3) is 0 Å². The van der Waals surface area contributed by atoms with Gasteiger partial charge in [-0.05, 0) is 12.1 Å². The zero-order chi connectivity index (χ0) is 10.8. The lowest BCUT2D eigenvalue weighted by atomic mass is 10.3. The predicted molar refractivity (Wildman–Crippen MR) is 70.2 cm³/mol. The maximum atomic E-state index is 9.73. The van der Waals surface area contributed by atoms with E-state index in [1.165, 1.54) is 11.3 Å². The van der Waals surface area contributed by atoms with Gasteiger partial charge in [0.2, 0.25) is 0 Å². The van der Waals surface area contributed by atoms with E-state index in [-0.39, 0.29) is 5.75 Å². The molecule has 0 aliphatic rings. The van der Waals surface area contributed by atoms with Crippen molar-refractivity contribution in [1.82, 2.24) is 4.98 Å². The molecule has 1 aromatic carbocycles. The minimum atomic E-state index is 0.206. The topological polar surface area (TPSA) is 59.1 Å². The number of anilines is 1. The van der Waals surface area contributed by atoms with Gasteiger partial charge < -0.3 is 10.8 Å². The van der Waals surface area contributed by atoms with E-state index < -0.39 is 0 Å². The van der Waals surface area contributed by atoms with Crippen LogP contribution in [-0.2, 0) is 0 Å². The molecule has 2 rings (SSSR count). The van der Waals surface area contributed by atoms with E-state index in [2.05, 4.69) is 20.9 Å². The summed E-state index contributed by atoms with van der Waals surface area (Å²) in [6.07, 6.45) is 0. The lowest BCUT2D eigenvalue weighted by molar-refractivity contribution is 0.479. The minimum absolute atomic E-state index is 0.206. The fourth-order valence-corrected chi connectivity index (χ4v) is 3.31. The number of phenols is 1. The monoisotopic (exact) mass is 304 g/mol. The molecule has 0 amide bonds. The van der Waals surface area contributed by atoms with Gasteiger partial charge in [0.1, 0.15) is 11.3 Å². The summed E-state index contributed by atoms with van der Waals surface area (Å²) in [4.78, 5) is 5.11. The Kier molecular flexibility index (Phi) is 3.38. The highest BCUT2D eigenvalue weighted by Gasteiger charge is 2.08. The van der Waals surface area contributed by atoms with Crippen LogP contribution in [0.15, 0.2) is 17.0 Å². The molecule has 0 saturated heterocycles. The van der Waals surface area contributed by atoms with Crippen molar-refractivity contribution in [2.24, 2.45) is 0 Å². The minimum Gasteiger partial charge on any atom is -0.506 e. The van der Waals surface area contributed by atoms with Gasteiger partial charge in [-0.2, -0.15) is 0 Å². The number of alkyl halides is 1. The zero-order valence-electron chi connectivity index (χ0n) is 7.74. The van der Waals surface area contributed by atoms with Crippen molar-refractivity contribution < 1.29 is 5.11 Å². The third-order valence-corrected chi connectivity index (χ3v) is 4.54. The number of halogens is 1. The summed E-state index contributed by atoms with van der Waals surface area (Å²) in [6, 6.07) is 3.74. The van der Waals surface area contributed by atoms with E-state index >= 15 is 0 Å². The highest BCUT2D eigenvalue weighted by molar-refractivity contribution is 9.09. The number of nitrogens with zero attached hydrogens (tertiary/aromatic N) is 1. The van der Waals surface area contributed by atoms with Crippen LogP contribution in [0.3, 0.4) is 0 Å². The van der Waals surface area contributed by atoms with E-state index in [0.29, 0.717) is 10.6 Å². The second kappa shape index (κ2) is 4.59. The lowest BCUT2D eigenvalue weighted by Gasteiger charge is -2.00. The van der Waals surface area contributed by atoms with Crippen LogP contribution < -0.4 is 5.73 Å². The highest BCUT2D eigenvalue weighted by atomic mass is 79.9. The van der Waals surface area contributed by atoms with Crippen LogP contribution in [-0.4, -0.2) is 21.2 Å². The molecule has 0 spiro atoms.